The van der Waals surface area contributed by atoms with Gasteiger partial charge in [0.15, 0.2) is 0 Å². The highest BCUT2D eigenvalue weighted by Gasteiger charge is 2.19. The van der Waals surface area contributed by atoms with E-state index in [1.165, 1.54) is 6.42 Å². The van der Waals surface area contributed by atoms with Crippen LogP contribution in [0.15, 0.2) is 28.7 Å². The smallest absolute Gasteiger partial charge is 0.321 e. The van der Waals surface area contributed by atoms with E-state index in [1.807, 2.05) is 24.3 Å². The number of hydrogen-bond donors (Lipinski definition) is 3. The molecule has 120 valence electrons. The Morgan fingerprint density at radius 1 is 1.14 bits per heavy atom. The molecule has 3 amide bonds. The first kappa shape index (κ1) is 16.8. The number of carbonyl (C=O) groups excluding carboxylic acids is 2. The van der Waals surface area contributed by atoms with Crippen LogP contribution in [0.1, 0.15) is 39.0 Å². The fourth-order valence-corrected chi connectivity index (χ4v) is 2.81. The number of halogens is 1. The average Bonchev–Trinajstić information content (AvgIpc) is 2.50. The number of hydrogen-bond acceptors (Lipinski definition) is 3. The van der Waals surface area contributed by atoms with E-state index in [0.717, 1.165) is 35.8 Å². The van der Waals surface area contributed by atoms with Crippen molar-refractivity contribution in [2.45, 2.75) is 51.1 Å². The molecular weight excluding hydrogens is 346 g/mol. The molecule has 1 aromatic carbocycles. The quantitative estimate of drug-likeness (QED) is 0.763. The molecule has 1 aromatic rings. The second-order valence-electron chi connectivity index (χ2n) is 5.67. The van der Waals surface area contributed by atoms with Gasteiger partial charge in [-0.1, -0.05) is 35.2 Å². The maximum atomic E-state index is 12.0. The first-order valence-electron chi connectivity index (χ1n) is 7.68. The van der Waals surface area contributed by atoms with Crippen molar-refractivity contribution in [3.8, 4) is 0 Å². The molecule has 1 fully saturated rings. The van der Waals surface area contributed by atoms with Crippen molar-refractivity contribution >= 4 is 33.6 Å². The lowest BCUT2D eigenvalue weighted by molar-refractivity contribution is -0.120. The summed E-state index contributed by atoms with van der Waals surface area (Å²) >= 11 is 3.36. The van der Waals surface area contributed by atoms with Crippen LogP contribution in [0.3, 0.4) is 0 Å². The minimum atomic E-state index is -0.488. The van der Waals surface area contributed by atoms with Gasteiger partial charge in [0.2, 0.25) is 5.91 Å². The monoisotopic (exact) mass is 367 g/mol. The number of urea groups is 1. The fraction of sp³-hybridized carbons (Fsp3) is 0.500. The van der Waals surface area contributed by atoms with Crippen LogP contribution in [0.2, 0.25) is 0 Å². The summed E-state index contributed by atoms with van der Waals surface area (Å²) in [5.41, 5.74) is 0.832. The highest BCUT2D eigenvalue weighted by atomic mass is 79.9. The van der Waals surface area contributed by atoms with Crippen LogP contribution in [0.4, 0.5) is 10.5 Å². The van der Waals surface area contributed by atoms with E-state index < -0.39 is 12.1 Å². The average molecular weight is 368 g/mol. The SMILES string of the molecule is C[C@@H](Nc1ccc(Br)cc1)C(=O)NC(=O)NC1CCCCC1. The molecule has 2 rings (SSSR count). The van der Waals surface area contributed by atoms with Crippen LogP contribution in [0, 0.1) is 0 Å². The molecule has 3 N–H and O–H groups in total. The number of amides is 3. The molecule has 0 aromatic heterocycles. The van der Waals surface area contributed by atoms with Crippen molar-refractivity contribution in [1.29, 1.82) is 0 Å². The first-order valence-corrected chi connectivity index (χ1v) is 8.47. The summed E-state index contributed by atoms with van der Waals surface area (Å²) in [5, 5.41) is 8.33. The minimum Gasteiger partial charge on any atom is -0.374 e. The van der Waals surface area contributed by atoms with E-state index >= 15 is 0 Å². The van der Waals surface area contributed by atoms with Gasteiger partial charge in [-0.05, 0) is 44.0 Å². The van der Waals surface area contributed by atoms with E-state index in [9.17, 15) is 9.59 Å². The number of nitrogens with one attached hydrogen (secondary N) is 3. The Morgan fingerprint density at radius 3 is 2.41 bits per heavy atom. The first-order chi connectivity index (χ1) is 10.5. The van der Waals surface area contributed by atoms with Crippen molar-refractivity contribution in [2.24, 2.45) is 0 Å². The van der Waals surface area contributed by atoms with Crippen LogP contribution < -0.4 is 16.0 Å². The molecule has 0 saturated heterocycles. The Bertz CT molecular complexity index is 513. The summed E-state index contributed by atoms with van der Waals surface area (Å²) in [4.78, 5) is 23.9. The molecule has 0 heterocycles. The molecule has 0 unspecified atom stereocenters. The van der Waals surface area contributed by atoms with E-state index in [0.29, 0.717) is 0 Å². The zero-order valence-electron chi connectivity index (χ0n) is 12.7. The molecule has 6 heteroatoms. The van der Waals surface area contributed by atoms with E-state index in [4.69, 9.17) is 0 Å². The summed E-state index contributed by atoms with van der Waals surface area (Å²) in [6.45, 7) is 1.73. The summed E-state index contributed by atoms with van der Waals surface area (Å²) < 4.78 is 0.974. The maximum Gasteiger partial charge on any atom is 0.321 e. The molecule has 22 heavy (non-hydrogen) atoms. The van der Waals surface area contributed by atoms with Crippen LogP contribution in [0.25, 0.3) is 0 Å². The predicted molar refractivity (Wildman–Crippen MR) is 90.8 cm³/mol. The predicted octanol–water partition coefficient (Wildman–Crippen LogP) is 3.41. The molecule has 0 bridgehead atoms. The normalized spacial score (nSPS) is 16.6. The molecular formula is C16H22BrN3O2. The molecule has 5 nitrogen and oxygen atoms in total. The van der Waals surface area contributed by atoms with Crippen LogP contribution in [-0.2, 0) is 4.79 Å². The zero-order chi connectivity index (χ0) is 15.9. The Kier molecular flexibility index (Phi) is 6.24. The summed E-state index contributed by atoms with van der Waals surface area (Å²) in [7, 11) is 0. The van der Waals surface area contributed by atoms with Gasteiger partial charge in [-0.25, -0.2) is 4.79 Å². The molecule has 0 radical (unpaired) electrons. The minimum absolute atomic E-state index is 0.191. The third-order valence-corrected chi connectivity index (χ3v) is 4.33. The fourth-order valence-electron chi connectivity index (χ4n) is 2.55. The second kappa shape index (κ2) is 8.17. The Balaban J connectivity index is 1.77. The van der Waals surface area contributed by atoms with Crippen LogP contribution in [-0.4, -0.2) is 24.0 Å². The highest BCUT2D eigenvalue weighted by molar-refractivity contribution is 9.10. The van der Waals surface area contributed by atoms with Gasteiger partial charge in [0.1, 0.15) is 6.04 Å². The topological polar surface area (TPSA) is 70.2 Å². The zero-order valence-corrected chi connectivity index (χ0v) is 14.3. The molecule has 1 atom stereocenters. The largest absolute Gasteiger partial charge is 0.374 e. The lowest BCUT2D eigenvalue weighted by Crippen LogP contribution is -2.49. The molecule has 0 aliphatic heterocycles. The van der Waals surface area contributed by atoms with Crippen LogP contribution >= 0.6 is 15.9 Å². The van der Waals surface area contributed by atoms with Crippen molar-refractivity contribution < 1.29 is 9.59 Å². The Labute approximate surface area is 139 Å². The van der Waals surface area contributed by atoms with Crippen molar-refractivity contribution in [3.63, 3.8) is 0 Å². The lowest BCUT2D eigenvalue weighted by Gasteiger charge is -2.23. The number of rotatable bonds is 4. The van der Waals surface area contributed by atoms with Gasteiger partial charge < -0.3 is 10.6 Å². The van der Waals surface area contributed by atoms with Crippen molar-refractivity contribution in [3.05, 3.63) is 28.7 Å². The van der Waals surface area contributed by atoms with Gasteiger partial charge in [-0.3, -0.25) is 10.1 Å². The molecule has 1 saturated carbocycles. The lowest BCUT2D eigenvalue weighted by atomic mass is 9.96. The van der Waals surface area contributed by atoms with Crippen molar-refractivity contribution in [2.75, 3.05) is 5.32 Å². The van der Waals surface area contributed by atoms with Gasteiger partial charge in [0, 0.05) is 16.2 Å². The standard InChI is InChI=1S/C16H22BrN3O2/c1-11(18-14-9-7-12(17)8-10-14)15(21)20-16(22)19-13-5-3-2-4-6-13/h7-11,13,18H,2-6H2,1H3,(H2,19,20,21,22)/t11-/m1/s1. The van der Waals surface area contributed by atoms with Gasteiger partial charge in [0.05, 0.1) is 0 Å². The molecule has 1 aliphatic rings. The van der Waals surface area contributed by atoms with Gasteiger partial charge >= 0.3 is 6.03 Å². The van der Waals surface area contributed by atoms with Gasteiger partial charge in [-0.15, -0.1) is 0 Å². The maximum absolute atomic E-state index is 12.0. The van der Waals surface area contributed by atoms with Crippen molar-refractivity contribution in [1.82, 2.24) is 10.6 Å². The van der Waals surface area contributed by atoms with E-state index in [1.54, 1.807) is 6.92 Å². The third-order valence-electron chi connectivity index (χ3n) is 3.80. The Hall–Kier alpha value is -1.56. The molecule has 0 spiro atoms. The van der Waals surface area contributed by atoms with Gasteiger partial charge in [0.25, 0.3) is 0 Å². The highest BCUT2D eigenvalue weighted by Crippen LogP contribution is 2.17. The number of imide groups is 1. The third kappa shape index (κ3) is 5.33. The number of benzene rings is 1. The van der Waals surface area contributed by atoms with Gasteiger partial charge in [-0.2, -0.15) is 0 Å². The Morgan fingerprint density at radius 2 is 1.77 bits per heavy atom. The second-order valence-corrected chi connectivity index (χ2v) is 6.59. The summed E-state index contributed by atoms with van der Waals surface area (Å²) in [6.07, 6.45) is 5.50. The molecule has 1 aliphatic carbocycles. The summed E-state index contributed by atoms with van der Waals surface area (Å²) in [5.74, 6) is -0.337. The van der Waals surface area contributed by atoms with E-state index in [-0.39, 0.29) is 11.9 Å². The number of carbonyl (C=O) groups is 2. The van der Waals surface area contributed by atoms with E-state index in [2.05, 4.69) is 31.9 Å². The summed E-state index contributed by atoms with van der Waals surface area (Å²) in [6, 6.07) is 6.83. The van der Waals surface area contributed by atoms with Crippen LogP contribution in [0.5, 0.6) is 0 Å². The number of anilines is 1.